The van der Waals surface area contributed by atoms with Crippen molar-refractivity contribution in [3.05, 3.63) is 11.1 Å². The molecule has 0 aliphatic carbocycles. The van der Waals surface area contributed by atoms with Gasteiger partial charge >= 0.3 is 22.4 Å². The number of nitrogens with zero attached hydrogens (tertiary/aromatic N) is 3. The highest BCUT2D eigenvalue weighted by Gasteiger charge is 2.54. The smallest absolute Gasteiger partial charge is 0.404 e. The van der Waals surface area contributed by atoms with Crippen LogP contribution in [-0.4, -0.2) is 82.3 Å². The number of hydrogen-bond donors (Lipinski definition) is 5. The molecule has 1 unspecified atom stereocenters. The van der Waals surface area contributed by atoms with Gasteiger partial charge in [0.05, 0.1) is 0 Å². The van der Waals surface area contributed by atoms with E-state index in [2.05, 4.69) is 25.0 Å². The fourth-order valence-corrected chi connectivity index (χ4v) is 3.67. The second-order valence-corrected chi connectivity index (χ2v) is 7.62. The molecule has 0 spiro atoms. The molecule has 0 radical (unpaired) electrons. The third-order valence-corrected chi connectivity index (χ3v) is 5.05. The van der Waals surface area contributed by atoms with Crippen molar-refractivity contribution >= 4 is 56.4 Å². The predicted octanol–water partition coefficient (Wildman–Crippen LogP) is -2.88. The van der Waals surface area contributed by atoms with E-state index in [1.807, 2.05) is 0 Å². The Morgan fingerprint density at radius 1 is 1.40 bits per heavy atom. The Kier molecular flexibility index (Phi) is 6.74. The Hall–Kier alpha value is -3.51. The summed E-state index contributed by atoms with van der Waals surface area (Å²) in [5.41, 5.74) is 9.58. The van der Waals surface area contributed by atoms with Crippen molar-refractivity contribution in [2.75, 3.05) is 18.9 Å². The van der Waals surface area contributed by atoms with Crippen LogP contribution in [0, 0.1) is 0 Å². The molecule has 18 heteroatoms. The van der Waals surface area contributed by atoms with Crippen LogP contribution >= 0.6 is 11.3 Å². The number of carboxylic acid groups (broad SMARTS) is 1. The van der Waals surface area contributed by atoms with Crippen LogP contribution in [0.1, 0.15) is 5.69 Å². The Morgan fingerprint density at radius 2 is 2.07 bits per heavy atom. The number of anilines is 1. The number of rotatable bonds is 9. The first kappa shape index (κ1) is 22.8. The molecule has 2 heterocycles. The Bertz CT molecular complexity index is 1000. The summed E-state index contributed by atoms with van der Waals surface area (Å²) >= 11 is 0.920. The van der Waals surface area contributed by atoms with E-state index < -0.39 is 65.2 Å². The van der Waals surface area contributed by atoms with E-state index >= 15 is 0 Å². The van der Waals surface area contributed by atoms with Crippen molar-refractivity contribution in [2.24, 2.45) is 10.9 Å². The molecule has 2 rings (SSSR count). The number of aromatic nitrogens is 1. The maximum absolute atomic E-state index is 12.6. The van der Waals surface area contributed by atoms with Crippen LogP contribution in [0.3, 0.4) is 0 Å². The Labute approximate surface area is 171 Å². The maximum atomic E-state index is 12.6. The van der Waals surface area contributed by atoms with Gasteiger partial charge in [0.1, 0.15) is 24.4 Å². The van der Waals surface area contributed by atoms with E-state index in [1.54, 1.807) is 0 Å². The number of carbonyl (C=O) groups excluding carboxylic acids is 3. The van der Waals surface area contributed by atoms with Gasteiger partial charge in [-0.25, -0.2) is 18.9 Å². The van der Waals surface area contributed by atoms with Crippen LogP contribution in [0.5, 0.6) is 0 Å². The molecule has 16 nitrogen and oxygen atoms in total. The summed E-state index contributed by atoms with van der Waals surface area (Å²) in [6.07, 6.45) is -1.29. The predicted molar refractivity (Wildman–Crippen MR) is 96.3 cm³/mol. The second-order valence-electron chi connectivity index (χ2n) is 5.44. The molecule has 1 aliphatic heterocycles. The number of amides is 3. The van der Waals surface area contributed by atoms with Gasteiger partial charge in [-0.15, -0.1) is 11.3 Å². The van der Waals surface area contributed by atoms with Gasteiger partial charge in [0, 0.05) is 5.38 Å². The largest absolute Gasteiger partial charge is 0.479 e. The molecule has 0 aromatic carbocycles. The lowest BCUT2D eigenvalue weighted by atomic mass is 9.99. The molecular formula is C12H14N6O10S2. The lowest BCUT2D eigenvalue weighted by Gasteiger charge is -2.43. The van der Waals surface area contributed by atoms with E-state index in [-0.39, 0.29) is 15.1 Å². The first-order valence-electron chi connectivity index (χ1n) is 7.58. The lowest BCUT2D eigenvalue weighted by molar-refractivity contribution is -0.146. The van der Waals surface area contributed by atoms with E-state index in [9.17, 15) is 27.6 Å². The topological polar surface area (TPSA) is 254 Å². The lowest BCUT2D eigenvalue weighted by Crippen LogP contribution is -2.73. The number of nitrogens with two attached hydrogens (primary N) is 2. The van der Waals surface area contributed by atoms with Gasteiger partial charge < -0.3 is 31.5 Å². The number of oxime groups is 1. The van der Waals surface area contributed by atoms with E-state index in [4.69, 9.17) is 21.1 Å². The van der Waals surface area contributed by atoms with Gasteiger partial charge in [-0.1, -0.05) is 5.16 Å². The standard InChI is InChI=1S/C12H14N6O10S2/c13-11-15-4(3-29-11)7(17-28-2-6(19)20)9(21)16-8-5(1-27-12(14)23)18(10(8)22)30(24,25)26/h3,5,8H,1-2H2,(H2,13,15)(H2,14,23)(H,16,21)(H,19,20)(H,24,25,26)/b17-7-/t5-,8?/m1/s1. The quantitative estimate of drug-likeness (QED) is 0.106. The summed E-state index contributed by atoms with van der Waals surface area (Å²) in [6.45, 7) is -1.66. The van der Waals surface area contributed by atoms with E-state index in [0.29, 0.717) is 0 Å². The molecule has 1 fully saturated rings. The monoisotopic (exact) mass is 466 g/mol. The third-order valence-electron chi connectivity index (χ3n) is 3.42. The zero-order valence-electron chi connectivity index (χ0n) is 14.6. The highest BCUT2D eigenvalue weighted by atomic mass is 32.2. The van der Waals surface area contributed by atoms with Crippen LogP contribution in [0.15, 0.2) is 10.5 Å². The van der Waals surface area contributed by atoms with Crippen LogP contribution in [0.2, 0.25) is 0 Å². The number of carboxylic acids is 1. The molecule has 0 saturated carbocycles. The summed E-state index contributed by atoms with van der Waals surface area (Å²) in [5.74, 6) is -3.76. The van der Waals surface area contributed by atoms with Gasteiger partial charge in [-0.05, 0) is 0 Å². The zero-order chi connectivity index (χ0) is 22.6. The maximum Gasteiger partial charge on any atom is 0.404 e. The number of aliphatic carboxylic acids is 1. The van der Waals surface area contributed by atoms with Gasteiger partial charge in [-0.3, -0.25) is 14.1 Å². The molecule has 3 amide bonds. The zero-order valence-corrected chi connectivity index (χ0v) is 16.3. The van der Waals surface area contributed by atoms with Crippen molar-refractivity contribution in [1.82, 2.24) is 14.6 Å². The van der Waals surface area contributed by atoms with Crippen LogP contribution < -0.4 is 16.8 Å². The normalized spacial score (nSPS) is 19.0. The second kappa shape index (κ2) is 8.88. The summed E-state index contributed by atoms with van der Waals surface area (Å²) < 4.78 is 36.2. The van der Waals surface area contributed by atoms with E-state index in [0.717, 1.165) is 11.3 Å². The van der Waals surface area contributed by atoms with Crippen LogP contribution in [0.25, 0.3) is 0 Å². The van der Waals surface area contributed by atoms with Crippen LogP contribution in [0.4, 0.5) is 9.93 Å². The van der Waals surface area contributed by atoms with Gasteiger partial charge in [0.25, 0.3) is 11.8 Å². The molecule has 1 aromatic rings. The average molecular weight is 466 g/mol. The minimum atomic E-state index is -5.02. The SMILES string of the molecule is NC(=O)OC[C@@H]1C(NC(=O)/C(=N\OCC(=O)O)c2csc(N)n2)C(=O)N1S(=O)(=O)O. The van der Waals surface area contributed by atoms with Gasteiger partial charge in [0.2, 0.25) is 6.61 Å². The van der Waals surface area contributed by atoms with E-state index in [1.165, 1.54) is 5.38 Å². The van der Waals surface area contributed by atoms with Crippen molar-refractivity contribution in [3.8, 4) is 0 Å². The highest BCUT2D eigenvalue weighted by molar-refractivity contribution is 7.84. The molecule has 1 aliphatic rings. The number of β-lactam (4-membered cyclic amide) rings is 1. The third kappa shape index (κ3) is 5.30. The Morgan fingerprint density at radius 3 is 2.57 bits per heavy atom. The number of nitrogen functional groups attached to an aromatic ring is 1. The summed E-state index contributed by atoms with van der Waals surface area (Å²) in [4.78, 5) is 54.3. The van der Waals surface area contributed by atoms with Gasteiger partial charge in [0.15, 0.2) is 10.8 Å². The highest BCUT2D eigenvalue weighted by Crippen LogP contribution is 2.24. The molecule has 1 saturated heterocycles. The fraction of sp³-hybridized carbons (Fsp3) is 0.333. The molecule has 0 bridgehead atoms. The molecule has 164 valence electrons. The number of ether oxygens (including phenoxy) is 1. The first-order chi connectivity index (χ1) is 13.9. The Balaban J connectivity index is 2.24. The molecule has 1 aromatic heterocycles. The van der Waals surface area contributed by atoms with Gasteiger partial charge in [-0.2, -0.15) is 8.42 Å². The summed E-state index contributed by atoms with van der Waals surface area (Å²) in [6, 6.07) is -3.08. The molecular weight excluding hydrogens is 452 g/mol. The number of carbonyl (C=O) groups is 4. The molecule has 2 atom stereocenters. The minimum Gasteiger partial charge on any atom is -0.479 e. The minimum absolute atomic E-state index is 0.0144. The molecule has 30 heavy (non-hydrogen) atoms. The van der Waals surface area contributed by atoms with Crippen LogP contribution in [-0.2, 0) is 34.3 Å². The summed E-state index contributed by atoms with van der Waals surface area (Å²) in [5, 5.41) is 15.4. The van der Waals surface area contributed by atoms with Crippen molar-refractivity contribution < 1.29 is 46.8 Å². The van der Waals surface area contributed by atoms with Crippen molar-refractivity contribution in [3.63, 3.8) is 0 Å². The number of primary amides is 1. The first-order valence-corrected chi connectivity index (χ1v) is 9.86. The van der Waals surface area contributed by atoms with Crippen molar-refractivity contribution in [1.29, 1.82) is 0 Å². The fourth-order valence-electron chi connectivity index (χ4n) is 2.26. The number of nitrogens with one attached hydrogen (secondary N) is 1. The average Bonchev–Trinajstić information content (AvgIpc) is 3.04. The molecule has 7 N–H and O–H groups in total. The number of hydrogen-bond acceptors (Lipinski definition) is 12. The summed E-state index contributed by atoms with van der Waals surface area (Å²) in [7, 11) is -5.02. The number of thiazole rings is 1. The van der Waals surface area contributed by atoms with Crippen molar-refractivity contribution in [2.45, 2.75) is 12.1 Å².